The minimum Gasteiger partial charge on any atom is -0.384 e. The van der Waals surface area contributed by atoms with Crippen molar-refractivity contribution in [3.8, 4) is 0 Å². The number of alkyl halides is 4. The van der Waals surface area contributed by atoms with Crippen molar-refractivity contribution >= 4 is 29.8 Å². The number of hydrogen-bond donors (Lipinski definition) is 1. The number of nitrogen functional groups attached to an aromatic ring is 1. The molecule has 2 N–H and O–H groups in total. The maximum absolute atomic E-state index is 12.1. The van der Waals surface area contributed by atoms with Crippen LogP contribution in [-0.4, -0.2) is 4.98 Å². The minimum atomic E-state index is -4.48. The SMILES string of the molecule is Cl.Nc1cc(CCl)cc(C(F)(F)F)n1. The van der Waals surface area contributed by atoms with Gasteiger partial charge in [-0.25, -0.2) is 4.98 Å². The van der Waals surface area contributed by atoms with Crippen LogP contribution in [-0.2, 0) is 12.1 Å². The van der Waals surface area contributed by atoms with E-state index in [1.807, 2.05) is 0 Å². The van der Waals surface area contributed by atoms with Gasteiger partial charge in [0, 0.05) is 5.88 Å². The van der Waals surface area contributed by atoms with Gasteiger partial charge in [0.2, 0.25) is 0 Å². The van der Waals surface area contributed by atoms with Gasteiger partial charge in [0.05, 0.1) is 0 Å². The van der Waals surface area contributed by atoms with E-state index < -0.39 is 11.9 Å². The monoisotopic (exact) mass is 246 g/mol. The molecule has 0 bridgehead atoms. The van der Waals surface area contributed by atoms with Crippen LogP contribution < -0.4 is 5.73 Å². The second kappa shape index (κ2) is 4.70. The molecule has 0 aromatic carbocycles. The number of rotatable bonds is 1. The minimum absolute atomic E-state index is 0. The van der Waals surface area contributed by atoms with Crippen molar-refractivity contribution in [1.29, 1.82) is 0 Å². The van der Waals surface area contributed by atoms with E-state index in [-0.39, 0.29) is 24.1 Å². The maximum Gasteiger partial charge on any atom is 0.433 e. The first-order chi connectivity index (χ1) is 5.93. The molecule has 0 saturated carbocycles. The summed E-state index contributed by atoms with van der Waals surface area (Å²) in [5, 5.41) is 0. The lowest BCUT2D eigenvalue weighted by molar-refractivity contribution is -0.141. The number of halogens is 5. The third-order valence-electron chi connectivity index (χ3n) is 1.35. The largest absolute Gasteiger partial charge is 0.433 e. The topological polar surface area (TPSA) is 38.9 Å². The molecular formula is C7H7Cl2F3N2. The molecule has 1 aromatic rings. The number of aromatic nitrogens is 1. The Morgan fingerprint density at radius 1 is 1.36 bits per heavy atom. The molecule has 1 aromatic heterocycles. The third-order valence-corrected chi connectivity index (χ3v) is 1.66. The van der Waals surface area contributed by atoms with Gasteiger partial charge < -0.3 is 5.73 Å². The van der Waals surface area contributed by atoms with E-state index in [2.05, 4.69) is 4.98 Å². The molecule has 0 aliphatic heterocycles. The molecule has 0 spiro atoms. The molecular weight excluding hydrogens is 240 g/mol. The first kappa shape index (κ1) is 13.3. The van der Waals surface area contributed by atoms with Crippen LogP contribution in [0.1, 0.15) is 11.3 Å². The number of nitrogens with zero attached hydrogens (tertiary/aromatic N) is 1. The van der Waals surface area contributed by atoms with E-state index in [0.717, 1.165) is 6.07 Å². The Kier molecular flexibility index (Phi) is 4.48. The first-order valence-electron chi connectivity index (χ1n) is 3.33. The van der Waals surface area contributed by atoms with Gasteiger partial charge in [0.15, 0.2) is 0 Å². The van der Waals surface area contributed by atoms with Crippen molar-refractivity contribution in [2.24, 2.45) is 0 Å². The molecule has 0 amide bonds. The lowest BCUT2D eigenvalue weighted by Crippen LogP contribution is -2.10. The standard InChI is InChI=1S/C7H6ClF3N2.ClH/c8-3-4-1-5(7(9,10)11)13-6(12)2-4;/h1-2H,3H2,(H2,12,13);1H. The summed E-state index contributed by atoms with van der Waals surface area (Å²) in [5.41, 5.74) is 4.46. The highest BCUT2D eigenvalue weighted by Crippen LogP contribution is 2.29. The summed E-state index contributed by atoms with van der Waals surface area (Å²) in [5.74, 6) is -0.194. The van der Waals surface area contributed by atoms with Crippen molar-refractivity contribution in [2.45, 2.75) is 12.1 Å². The molecule has 80 valence electrons. The Morgan fingerprint density at radius 2 is 1.93 bits per heavy atom. The molecule has 14 heavy (non-hydrogen) atoms. The van der Waals surface area contributed by atoms with Gasteiger partial charge in [0.1, 0.15) is 11.5 Å². The number of hydrogen-bond acceptors (Lipinski definition) is 2. The number of nitrogens with two attached hydrogens (primary N) is 1. The Morgan fingerprint density at radius 3 is 2.36 bits per heavy atom. The molecule has 1 heterocycles. The van der Waals surface area contributed by atoms with Crippen LogP contribution in [0, 0.1) is 0 Å². The molecule has 0 atom stereocenters. The summed E-state index contributed by atoms with van der Waals surface area (Å²) >= 11 is 5.37. The van der Waals surface area contributed by atoms with Crippen molar-refractivity contribution in [1.82, 2.24) is 4.98 Å². The fourth-order valence-corrected chi connectivity index (χ4v) is 0.988. The van der Waals surface area contributed by atoms with Gasteiger partial charge in [-0.05, 0) is 17.7 Å². The first-order valence-corrected chi connectivity index (χ1v) is 3.86. The Labute approximate surface area is 89.7 Å². The Bertz CT molecular complexity index is 314. The fourth-order valence-electron chi connectivity index (χ4n) is 0.833. The predicted molar refractivity (Wildman–Crippen MR) is 50.5 cm³/mol. The van der Waals surface area contributed by atoms with E-state index in [0.29, 0.717) is 5.56 Å². The van der Waals surface area contributed by atoms with Crippen LogP contribution in [0.4, 0.5) is 19.0 Å². The van der Waals surface area contributed by atoms with Crippen molar-refractivity contribution in [2.75, 3.05) is 5.73 Å². The molecule has 1 rings (SSSR count). The normalized spacial score (nSPS) is 10.9. The molecule has 0 fully saturated rings. The van der Waals surface area contributed by atoms with Crippen LogP contribution in [0.25, 0.3) is 0 Å². The highest BCUT2D eigenvalue weighted by Gasteiger charge is 2.32. The lowest BCUT2D eigenvalue weighted by Gasteiger charge is -2.07. The van der Waals surface area contributed by atoms with Gasteiger partial charge in [-0.3, -0.25) is 0 Å². The Balaban J connectivity index is 0.00000169. The highest BCUT2D eigenvalue weighted by atomic mass is 35.5. The molecule has 0 radical (unpaired) electrons. The average Bonchev–Trinajstić information content (AvgIpc) is 2.01. The Hall–Kier alpha value is -0.680. The summed E-state index contributed by atoms with van der Waals surface area (Å²) in [6.07, 6.45) is -4.48. The van der Waals surface area contributed by atoms with Gasteiger partial charge in [-0.2, -0.15) is 13.2 Å². The van der Waals surface area contributed by atoms with E-state index in [9.17, 15) is 13.2 Å². The van der Waals surface area contributed by atoms with E-state index in [4.69, 9.17) is 17.3 Å². The summed E-state index contributed by atoms with van der Waals surface area (Å²) in [6.45, 7) is 0. The van der Waals surface area contributed by atoms with Gasteiger partial charge >= 0.3 is 6.18 Å². The summed E-state index contributed by atoms with van der Waals surface area (Å²) in [6, 6.07) is 2.19. The van der Waals surface area contributed by atoms with Gasteiger partial charge in [-0.15, -0.1) is 24.0 Å². The van der Waals surface area contributed by atoms with Crippen LogP contribution >= 0.6 is 24.0 Å². The third kappa shape index (κ3) is 3.23. The fraction of sp³-hybridized carbons (Fsp3) is 0.286. The number of pyridine rings is 1. The summed E-state index contributed by atoms with van der Waals surface area (Å²) in [4.78, 5) is 3.15. The molecule has 0 saturated heterocycles. The molecule has 2 nitrogen and oxygen atoms in total. The van der Waals surface area contributed by atoms with Gasteiger partial charge in [-0.1, -0.05) is 0 Å². The highest BCUT2D eigenvalue weighted by molar-refractivity contribution is 6.17. The quantitative estimate of drug-likeness (QED) is 0.775. The second-order valence-corrected chi connectivity index (χ2v) is 2.68. The zero-order valence-corrected chi connectivity index (χ0v) is 8.38. The zero-order chi connectivity index (χ0) is 10.1. The van der Waals surface area contributed by atoms with Crippen LogP contribution in [0.3, 0.4) is 0 Å². The number of anilines is 1. The van der Waals surface area contributed by atoms with Crippen LogP contribution in [0.2, 0.25) is 0 Å². The summed E-state index contributed by atoms with van der Waals surface area (Å²) < 4.78 is 36.4. The molecule has 0 aliphatic carbocycles. The van der Waals surface area contributed by atoms with Crippen molar-refractivity contribution in [3.63, 3.8) is 0 Å². The molecule has 0 aliphatic rings. The van der Waals surface area contributed by atoms with Crippen LogP contribution in [0.15, 0.2) is 12.1 Å². The smallest absolute Gasteiger partial charge is 0.384 e. The molecule has 7 heteroatoms. The predicted octanol–water partition coefficient (Wildman–Crippen LogP) is 2.84. The van der Waals surface area contributed by atoms with E-state index >= 15 is 0 Å². The van der Waals surface area contributed by atoms with Crippen molar-refractivity contribution < 1.29 is 13.2 Å². The van der Waals surface area contributed by atoms with Crippen molar-refractivity contribution in [3.05, 3.63) is 23.4 Å². The van der Waals surface area contributed by atoms with E-state index in [1.54, 1.807) is 0 Å². The summed E-state index contributed by atoms with van der Waals surface area (Å²) in [7, 11) is 0. The average molecular weight is 247 g/mol. The van der Waals surface area contributed by atoms with E-state index in [1.165, 1.54) is 6.07 Å². The zero-order valence-electron chi connectivity index (χ0n) is 6.81. The lowest BCUT2D eigenvalue weighted by atomic mass is 10.2. The van der Waals surface area contributed by atoms with Crippen LogP contribution in [0.5, 0.6) is 0 Å². The maximum atomic E-state index is 12.1. The second-order valence-electron chi connectivity index (χ2n) is 2.42. The molecule has 0 unspecified atom stereocenters. The van der Waals surface area contributed by atoms with Gasteiger partial charge in [0.25, 0.3) is 0 Å².